The Morgan fingerprint density at radius 3 is 2.46 bits per heavy atom. The van der Waals surface area contributed by atoms with Gasteiger partial charge in [0.05, 0.1) is 25.0 Å². The lowest BCUT2D eigenvalue weighted by Gasteiger charge is -2.45. The molecule has 3 aromatic rings. The molecule has 1 fully saturated rings. The third kappa shape index (κ3) is 7.81. The van der Waals surface area contributed by atoms with Gasteiger partial charge >= 0.3 is 11.9 Å². The lowest BCUT2D eigenvalue weighted by atomic mass is 9.66. The predicted octanol–water partition coefficient (Wildman–Crippen LogP) is 5.23. The van der Waals surface area contributed by atoms with Crippen molar-refractivity contribution < 1.29 is 49.4 Å². The van der Waals surface area contributed by atoms with E-state index in [1.807, 2.05) is 31.2 Å². The highest BCUT2D eigenvalue weighted by molar-refractivity contribution is 5.89. The van der Waals surface area contributed by atoms with E-state index in [4.69, 9.17) is 9.47 Å². The van der Waals surface area contributed by atoms with Crippen molar-refractivity contribution in [3.63, 3.8) is 0 Å². The summed E-state index contributed by atoms with van der Waals surface area (Å²) in [5.74, 6) is 2.88. The first-order valence-corrected chi connectivity index (χ1v) is 18.9. The van der Waals surface area contributed by atoms with Gasteiger partial charge in [0.2, 0.25) is 0 Å². The molecule has 7 rings (SSSR count). The van der Waals surface area contributed by atoms with E-state index in [-0.39, 0.29) is 79.7 Å². The highest BCUT2D eigenvalue weighted by Crippen LogP contribution is 2.45. The Labute approximate surface area is 314 Å². The van der Waals surface area contributed by atoms with Gasteiger partial charge in [-0.1, -0.05) is 55.5 Å². The Kier molecular flexibility index (Phi) is 10.7. The molecule has 54 heavy (non-hydrogen) atoms. The van der Waals surface area contributed by atoms with Crippen molar-refractivity contribution in [2.75, 3.05) is 0 Å². The summed E-state index contributed by atoms with van der Waals surface area (Å²) in [7, 11) is 0. The van der Waals surface area contributed by atoms with Crippen LogP contribution in [0.25, 0.3) is 0 Å². The van der Waals surface area contributed by atoms with E-state index in [1.54, 1.807) is 12.1 Å². The van der Waals surface area contributed by atoms with E-state index < -0.39 is 47.5 Å². The number of rotatable bonds is 4. The molecule has 1 aliphatic carbocycles. The lowest BCUT2D eigenvalue weighted by molar-refractivity contribution is -0.176. The first kappa shape index (κ1) is 37.4. The van der Waals surface area contributed by atoms with Gasteiger partial charge in [-0.15, -0.1) is 0 Å². The van der Waals surface area contributed by atoms with Gasteiger partial charge in [-0.05, 0) is 90.1 Å². The van der Waals surface area contributed by atoms with Crippen molar-refractivity contribution >= 4 is 17.7 Å². The number of ether oxygens (including phenoxy) is 2. The Morgan fingerprint density at radius 2 is 1.69 bits per heavy atom. The lowest BCUT2D eigenvalue weighted by Crippen LogP contribution is -2.54. The summed E-state index contributed by atoms with van der Waals surface area (Å²) in [6.45, 7) is 1.57. The van der Waals surface area contributed by atoms with Crippen LogP contribution in [0.3, 0.4) is 0 Å². The normalized spacial score (nSPS) is 28.4. The fourth-order valence-electron chi connectivity index (χ4n) is 8.83. The van der Waals surface area contributed by atoms with Crippen LogP contribution in [0.1, 0.15) is 97.1 Å². The van der Waals surface area contributed by atoms with Crippen LogP contribution in [0, 0.1) is 23.7 Å². The average molecular weight is 735 g/mol. The van der Waals surface area contributed by atoms with Crippen molar-refractivity contribution in [1.29, 1.82) is 0 Å². The van der Waals surface area contributed by atoms with E-state index >= 15 is 0 Å². The standard InChI is InChI=1S/C44H46O10/c1-2-10-44(52)34-8-9-38(48)31(17-34)12-25-4-3-5-26(11-25)14-35(46)19-33-16-28(30-13-27(24-45)15-36(47)18-30)6-7-29-22-42(50)53-40-23-39(49)32(20-37(29)40)21-41(44)54-43(33)51/h3-5,11,13,15,18-20,23,28-29,31,34-35,41,45-47,49,52H,2,8-10,12,14,16-17,21-22,24H2,1H3. The molecule has 4 aliphatic rings. The second-order valence-electron chi connectivity index (χ2n) is 15.3. The van der Waals surface area contributed by atoms with Crippen molar-refractivity contribution in [2.24, 2.45) is 11.8 Å². The minimum atomic E-state index is -1.61. The van der Waals surface area contributed by atoms with Crippen LogP contribution < -0.4 is 4.74 Å². The molecule has 0 spiro atoms. The molecule has 0 saturated heterocycles. The van der Waals surface area contributed by atoms with Crippen LogP contribution in [0.2, 0.25) is 0 Å². The number of phenols is 2. The topological polar surface area (TPSA) is 171 Å². The first-order valence-electron chi connectivity index (χ1n) is 18.9. The number of hydrogen-bond acceptors (Lipinski definition) is 10. The van der Waals surface area contributed by atoms with Gasteiger partial charge in [-0.25, -0.2) is 4.79 Å². The summed E-state index contributed by atoms with van der Waals surface area (Å²) >= 11 is 0. The molecule has 282 valence electrons. The largest absolute Gasteiger partial charge is 0.508 e. The number of phenolic OH excluding ortho intramolecular Hbond substituents is 2. The number of aliphatic hydroxyl groups excluding tert-OH is 2. The Hall–Kier alpha value is -4.95. The number of aromatic hydroxyl groups is 2. The highest BCUT2D eigenvalue weighted by Gasteiger charge is 2.49. The fraction of sp³-hybridized carbons (Fsp3) is 0.432. The second kappa shape index (κ2) is 15.4. The molecule has 7 atom stereocenters. The number of fused-ring (bicyclic) bond motifs is 8. The molecular weight excluding hydrogens is 688 g/mol. The zero-order chi connectivity index (χ0) is 38.1. The number of esters is 2. The summed E-state index contributed by atoms with van der Waals surface area (Å²) in [5.41, 5.74) is 2.07. The van der Waals surface area contributed by atoms with E-state index in [0.717, 1.165) is 11.1 Å². The highest BCUT2D eigenvalue weighted by atomic mass is 16.6. The summed E-state index contributed by atoms with van der Waals surface area (Å²) < 4.78 is 12.0. The number of benzene rings is 3. The van der Waals surface area contributed by atoms with Crippen molar-refractivity contribution in [2.45, 2.75) is 107 Å². The summed E-state index contributed by atoms with van der Waals surface area (Å²) in [4.78, 5) is 40.8. The SMILES string of the molecule is CCCC1(O)C2CCC(=O)C(Cc3cccc(c3)CC(O)C=C3CC(c4cc(O)cc(CO)c4)C#CC4CC(=O)Oc5cc(O)c(cc54)CC1OC3=O)C2. The predicted molar refractivity (Wildman–Crippen MR) is 197 cm³/mol. The number of aliphatic hydroxyl groups is 3. The van der Waals surface area contributed by atoms with Gasteiger partial charge < -0.3 is 35.0 Å². The maximum Gasteiger partial charge on any atom is 0.334 e. The third-order valence-electron chi connectivity index (χ3n) is 11.5. The van der Waals surface area contributed by atoms with E-state index in [1.165, 1.54) is 24.3 Å². The van der Waals surface area contributed by atoms with Gasteiger partial charge in [-0.3, -0.25) is 9.59 Å². The molecule has 1 saturated carbocycles. The van der Waals surface area contributed by atoms with Crippen molar-refractivity contribution in [3.05, 3.63) is 99.6 Å². The van der Waals surface area contributed by atoms with Gasteiger partial charge in [0.25, 0.3) is 0 Å². The molecule has 0 amide bonds. The molecule has 10 heteroatoms. The van der Waals surface area contributed by atoms with Crippen LogP contribution in [-0.2, 0) is 45.0 Å². The van der Waals surface area contributed by atoms with Crippen molar-refractivity contribution in [1.82, 2.24) is 0 Å². The van der Waals surface area contributed by atoms with Gasteiger partial charge in [0, 0.05) is 48.3 Å². The Morgan fingerprint density at radius 1 is 0.907 bits per heavy atom. The van der Waals surface area contributed by atoms with Crippen LogP contribution in [-0.4, -0.2) is 61.1 Å². The fourth-order valence-corrected chi connectivity index (χ4v) is 8.83. The molecule has 3 heterocycles. The maximum absolute atomic E-state index is 14.6. The monoisotopic (exact) mass is 734 g/mol. The van der Waals surface area contributed by atoms with Crippen LogP contribution in [0.15, 0.2) is 66.2 Å². The van der Waals surface area contributed by atoms with Gasteiger partial charge in [0.15, 0.2) is 0 Å². The molecule has 7 unspecified atom stereocenters. The van der Waals surface area contributed by atoms with E-state index in [0.29, 0.717) is 47.9 Å². The molecular formula is C44H46O10. The number of ketones is 1. The average Bonchev–Trinajstić information content (AvgIpc) is 3.13. The second-order valence-corrected chi connectivity index (χ2v) is 15.3. The van der Waals surface area contributed by atoms with Gasteiger partial charge in [0.1, 0.15) is 34.7 Å². The van der Waals surface area contributed by atoms with Crippen LogP contribution in [0.4, 0.5) is 0 Å². The van der Waals surface area contributed by atoms with Gasteiger partial charge in [-0.2, -0.15) is 0 Å². The third-order valence-corrected chi connectivity index (χ3v) is 11.5. The molecule has 0 aromatic heterocycles. The minimum Gasteiger partial charge on any atom is -0.508 e. The summed E-state index contributed by atoms with van der Waals surface area (Å²) in [6, 6.07) is 15.4. The molecule has 3 aromatic carbocycles. The number of carbonyl (C=O) groups excluding carboxylic acids is 3. The van der Waals surface area contributed by atoms with Crippen LogP contribution >= 0.6 is 0 Å². The zero-order valence-corrected chi connectivity index (χ0v) is 30.3. The summed E-state index contributed by atoms with van der Waals surface area (Å²) in [6.07, 6.45) is 1.35. The van der Waals surface area contributed by atoms with Crippen LogP contribution in [0.5, 0.6) is 17.2 Å². The van der Waals surface area contributed by atoms with Crippen molar-refractivity contribution in [3.8, 4) is 29.1 Å². The Balaban J connectivity index is 1.44. The molecule has 8 bridgehead atoms. The number of carbonyl (C=O) groups is 3. The summed E-state index contributed by atoms with van der Waals surface area (Å²) in [5, 5.41) is 56.4. The number of Topliss-reactive ketones (excluding diaryl/α,β-unsaturated/α-hetero) is 1. The Bertz CT molecular complexity index is 2060. The maximum atomic E-state index is 14.6. The van der Waals surface area contributed by atoms with E-state index in [9.17, 15) is 39.9 Å². The smallest absolute Gasteiger partial charge is 0.334 e. The number of hydrogen-bond donors (Lipinski definition) is 5. The minimum absolute atomic E-state index is 0.0739. The van der Waals surface area contributed by atoms with E-state index in [2.05, 4.69) is 11.8 Å². The quantitative estimate of drug-likeness (QED) is 0.136. The zero-order valence-electron chi connectivity index (χ0n) is 30.3. The molecule has 0 radical (unpaired) electrons. The molecule has 5 N–H and O–H groups in total. The molecule has 10 nitrogen and oxygen atoms in total. The molecule has 3 aliphatic heterocycles. The first-order chi connectivity index (χ1) is 25.9.